The molecule has 3 heterocycles. The first-order valence-electron chi connectivity index (χ1n) is 12.4. The minimum absolute atomic E-state index is 0.188. The van der Waals surface area contributed by atoms with Crippen LogP contribution in [0, 0.1) is 5.41 Å². The lowest BCUT2D eigenvalue weighted by atomic mass is 9.82. The van der Waals surface area contributed by atoms with Crippen LogP contribution in [0.4, 0.5) is 10.2 Å². The summed E-state index contributed by atoms with van der Waals surface area (Å²) in [6.45, 7) is 8.62. The van der Waals surface area contributed by atoms with E-state index in [2.05, 4.69) is 25.4 Å². The number of nitrogens with one attached hydrogen (secondary N) is 2. The number of carbonyl (C=O) groups is 2. The minimum Gasteiger partial charge on any atom is -0.462 e. The van der Waals surface area contributed by atoms with E-state index in [1.807, 2.05) is 6.92 Å². The van der Waals surface area contributed by atoms with Gasteiger partial charge in [-0.05, 0) is 27.2 Å². The van der Waals surface area contributed by atoms with Crippen LogP contribution in [0.3, 0.4) is 0 Å². The Morgan fingerprint density at radius 2 is 2.03 bits per heavy atom. The zero-order chi connectivity index (χ0) is 28.3. The van der Waals surface area contributed by atoms with Crippen LogP contribution in [0.15, 0.2) is 12.7 Å². The molecule has 212 valence electrons. The Labute approximate surface area is 220 Å². The van der Waals surface area contributed by atoms with E-state index in [0.717, 1.165) is 0 Å². The summed E-state index contributed by atoms with van der Waals surface area (Å²) in [6, 6.07) is -0.910. The lowest BCUT2D eigenvalue weighted by Gasteiger charge is -2.30. The highest BCUT2D eigenvalue weighted by molar-refractivity contribution is 7.56. The SMILES string of the molecule is CCCC(=O)Nc1ncnc2c1ncn2[C@@H]1O[C@H](COP(C)(=O)N[C@@H](C)C(=O)OC(C)C)[C@](C)(CO)C1F. The smallest absolute Gasteiger partial charge is 0.323 e. The molecule has 0 aliphatic carbocycles. The molecule has 2 aromatic heterocycles. The second-order valence-electron chi connectivity index (χ2n) is 9.90. The molecule has 1 aliphatic rings. The molecule has 0 radical (unpaired) electrons. The monoisotopic (exact) mass is 558 g/mol. The van der Waals surface area contributed by atoms with Gasteiger partial charge < -0.3 is 24.4 Å². The molecule has 13 nitrogen and oxygen atoms in total. The quantitative estimate of drug-likeness (QED) is 0.259. The van der Waals surface area contributed by atoms with Gasteiger partial charge in [0.1, 0.15) is 12.4 Å². The van der Waals surface area contributed by atoms with E-state index < -0.39 is 50.1 Å². The zero-order valence-corrected chi connectivity index (χ0v) is 23.3. The van der Waals surface area contributed by atoms with Crippen LogP contribution in [-0.4, -0.2) is 80.8 Å². The van der Waals surface area contributed by atoms with E-state index in [0.29, 0.717) is 12.8 Å². The Hall–Kier alpha value is -2.51. The van der Waals surface area contributed by atoms with Gasteiger partial charge in [-0.15, -0.1) is 0 Å². The van der Waals surface area contributed by atoms with Gasteiger partial charge in [0, 0.05) is 13.1 Å². The molecule has 1 saturated heterocycles. The average molecular weight is 559 g/mol. The van der Waals surface area contributed by atoms with Crippen LogP contribution in [-0.2, 0) is 28.2 Å². The summed E-state index contributed by atoms with van der Waals surface area (Å²) in [5, 5.41) is 15.4. The molecule has 1 fully saturated rings. The van der Waals surface area contributed by atoms with Gasteiger partial charge in [-0.25, -0.2) is 24.4 Å². The number of ether oxygens (including phenoxy) is 2. The molecule has 1 aliphatic heterocycles. The van der Waals surface area contributed by atoms with Crippen LogP contribution in [0.1, 0.15) is 53.7 Å². The van der Waals surface area contributed by atoms with E-state index in [-0.39, 0.29) is 35.6 Å². The number of hydrogen-bond donors (Lipinski definition) is 3. The van der Waals surface area contributed by atoms with Crippen LogP contribution in [0.2, 0.25) is 0 Å². The molecule has 2 unspecified atom stereocenters. The van der Waals surface area contributed by atoms with Gasteiger partial charge in [-0.2, -0.15) is 0 Å². The van der Waals surface area contributed by atoms with Crippen molar-refractivity contribution in [3.63, 3.8) is 0 Å². The number of carbonyl (C=O) groups excluding carboxylic acids is 2. The number of anilines is 1. The fourth-order valence-electron chi connectivity index (χ4n) is 4.06. The first-order chi connectivity index (χ1) is 17.8. The highest BCUT2D eigenvalue weighted by Crippen LogP contribution is 2.48. The van der Waals surface area contributed by atoms with Gasteiger partial charge in [-0.3, -0.25) is 18.7 Å². The number of rotatable bonds is 12. The summed E-state index contributed by atoms with van der Waals surface area (Å²) in [5.74, 6) is -0.642. The molecule has 0 bridgehead atoms. The topological polar surface area (TPSA) is 167 Å². The predicted molar refractivity (Wildman–Crippen MR) is 136 cm³/mol. The van der Waals surface area contributed by atoms with Crippen LogP contribution in [0.25, 0.3) is 11.2 Å². The van der Waals surface area contributed by atoms with Crippen molar-refractivity contribution in [2.24, 2.45) is 5.41 Å². The first kappa shape index (κ1) is 30.0. The molecule has 3 N–H and O–H groups in total. The number of fused-ring (bicyclic) bond motifs is 1. The van der Waals surface area contributed by atoms with Gasteiger partial charge in [-0.1, -0.05) is 13.8 Å². The van der Waals surface area contributed by atoms with Gasteiger partial charge in [0.05, 0.1) is 37.2 Å². The van der Waals surface area contributed by atoms with Crippen molar-refractivity contribution < 1.29 is 37.6 Å². The molecule has 2 aromatic rings. The molecular formula is C23H36FN6O7P. The number of halogens is 1. The van der Waals surface area contributed by atoms with E-state index >= 15 is 4.39 Å². The fourth-order valence-corrected chi connectivity index (χ4v) is 5.36. The third-order valence-corrected chi connectivity index (χ3v) is 7.73. The average Bonchev–Trinajstić information content (AvgIpc) is 3.37. The number of imidazole rings is 1. The standard InChI is InChI=1S/C23H36FN6O7P/c1-7-8-16(32)28-19-17-20(26-11-25-19)30(12-27-17)21-18(24)23(5,10-31)15(37-21)9-35-38(6,34)29-14(4)22(33)36-13(2)3/h11-15,18,21,31H,7-10H2,1-6H3,(H,29,34)(H,25,26,28,32)/t14-,15+,18?,21+,23-,38?/m0/s1. The summed E-state index contributed by atoms with van der Waals surface area (Å²) in [4.78, 5) is 36.6. The van der Waals surface area contributed by atoms with Gasteiger partial charge in [0.2, 0.25) is 5.91 Å². The molecular weight excluding hydrogens is 522 g/mol. The van der Waals surface area contributed by atoms with Gasteiger partial charge in [0.15, 0.2) is 29.4 Å². The van der Waals surface area contributed by atoms with Gasteiger partial charge in [0.25, 0.3) is 7.52 Å². The fraction of sp³-hybridized carbons (Fsp3) is 0.696. The highest BCUT2D eigenvalue weighted by atomic mass is 31.2. The number of nitrogens with zero attached hydrogens (tertiary/aromatic N) is 4. The molecule has 1 amide bonds. The van der Waals surface area contributed by atoms with Crippen molar-refractivity contribution in [1.29, 1.82) is 0 Å². The molecule has 38 heavy (non-hydrogen) atoms. The molecule has 0 saturated carbocycles. The van der Waals surface area contributed by atoms with E-state index in [9.17, 15) is 19.3 Å². The summed E-state index contributed by atoms with van der Waals surface area (Å²) in [7, 11) is -3.54. The summed E-state index contributed by atoms with van der Waals surface area (Å²) >= 11 is 0. The maximum Gasteiger partial charge on any atom is 0.323 e. The van der Waals surface area contributed by atoms with Gasteiger partial charge >= 0.3 is 5.97 Å². The summed E-state index contributed by atoms with van der Waals surface area (Å²) in [6.07, 6.45) is -0.828. The third kappa shape index (κ3) is 6.55. The Kier molecular flexibility index (Phi) is 9.58. The lowest BCUT2D eigenvalue weighted by molar-refractivity contribution is -0.149. The Morgan fingerprint density at radius 1 is 1.32 bits per heavy atom. The Balaban J connectivity index is 1.77. The maximum absolute atomic E-state index is 15.8. The third-order valence-electron chi connectivity index (χ3n) is 6.23. The summed E-state index contributed by atoms with van der Waals surface area (Å²) < 4.78 is 46.8. The van der Waals surface area contributed by atoms with Crippen molar-refractivity contribution in [3.8, 4) is 0 Å². The number of aliphatic hydroxyl groups is 1. The van der Waals surface area contributed by atoms with E-state index in [4.69, 9.17) is 14.0 Å². The van der Waals surface area contributed by atoms with Crippen molar-refractivity contribution in [3.05, 3.63) is 12.7 Å². The zero-order valence-electron chi connectivity index (χ0n) is 22.4. The highest BCUT2D eigenvalue weighted by Gasteiger charge is 2.55. The number of hydrogen-bond acceptors (Lipinski definition) is 10. The Morgan fingerprint density at radius 3 is 2.66 bits per heavy atom. The largest absolute Gasteiger partial charge is 0.462 e. The number of amides is 1. The lowest BCUT2D eigenvalue weighted by Crippen LogP contribution is -2.41. The van der Waals surface area contributed by atoms with Crippen molar-refractivity contribution in [2.75, 3.05) is 25.2 Å². The molecule has 0 spiro atoms. The normalized spacial score (nSPS) is 25.9. The van der Waals surface area contributed by atoms with Crippen LogP contribution < -0.4 is 10.4 Å². The van der Waals surface area contributed by atoms with Crippen molar-refractivity contribution in [1.82, 2.24) is 24.6 Å². The molecule has 3 rings (SSSR count). The minimum atomic E-state index is -3.54. The van der Waals surface area contributed by atoms with Crippen LogP contribution in [0.5, 0.6) is 0 Å². The second-order valence-corrected chi connectivity index (χ2v) is 12.1. The van der Waals surface area contributed by atoms with Crippen LogP contribution >= 0.6 is 7.52 Å². The predicted octanol–water partition coefficient (Wildman–Crippen LogP) is 2.57. The molecule has 0 aromatic carbocycles. The molecule has 6 atom stereocenters. The number of esters is 1. The van der Waals surface area contributed by atoms with E-state index in [1.54, 1.807) is 13.8 Å². The number of aliphatic hydroxyl groups excluding tert-OH is 1. The van der Waals surface area contributed by atoms with Crippen molar-refractivity contribution in [2.45, 2.75) is 78.1 Å². The Bertz CT molecular complexity index is 1200. The van der Waals surface area contributed by atoms with E-state index in [1.165, 1.54) is 37.7 Å². The summed E-state index contributed by atoms with van der Waals surface area (Å²) in [5.41, 5.74) is -0.946. The number of aromatic nitrogens is 4. The molecule has 15 heteroatoms. The first-order valence-corrected chi connectivity index (χ1v) is 14.5. The number of alkyl halides is 1. The second kappa shape index (κ2) is 12.1. The maximum atomic E-state index is 15.8. The van der Waals surface area contributed by atoms with Crippen molar-refractivity contribution >= 4 is 36.4 Å².